The van der Waals surface area contributed by atoms with Crippen molar-refractivity contribution >= 4 is 10.9 Å². The summed E-state index contributed by atoms with van der Waals surface area (Å²) in [5.41, 5.74) is 18.1. The lowest BCUT2D eigenvalue weighted by Crippen LogP contribution is -1.95. The van der Waals surface area contributed by atoms with E-state index in [-0.39, 0.29) is 0 Å². The number of nitrogens with zero attached hydrogens (tertiary/aromatic N) is 2. The van der Waals surface area contributed by atoms with E-state index in [4.69, 9.17) is 9.97 Å². The van der Waals surface area contributed by atoms with Crippen LogP contribution in [-0.2, 0) is 0 Å². The molecular weight excluding hydrogens is 701 g/mol. The van der Waals surface area contributed by atoms with Crippen molar-refractivity contribution in [1.29, 1.82) is 0 Å². The summed E-state index contributed by atoms with van der Waals surface area (Å²) in [6, 6.07) is 81.9. The van der Waals surface area contributed by atoms with Crippen molar-refractivity contribution in [3.8, 4) is 89.4 Å². The molecule has 2 heteroatoms. The van der Waals surface area contributed by atoms with Gasteiger partial charge in [0.25, 0.3) is 0 Å². The molecule has 0 N–H and O–H groups in total. The van der Waals surface area contributed by atoms with Gasteiger partial charge in [-0.1, -0.05) is 200 Å². The first-order chi connectivity index (χ1) is 28.7. The fourth-order valence-corrected chi connectivity index (χ4v) is 7.94. The lowest BCUT2D eigenvalue weighted by Gasteiger charge is -2.13. The third-order valence-corrected chi connectivity index (χ3v) is 10.9. The molecule has 9 aromatic carbocycles. The highest BCUT2D eigenvalue weighted by molar-refractivity contribution is 5.94. The van der Waals surface area contributed by atoms with Crippen molar-refractivity contribution in [2.45, 2.75) is 0 Å². The van der Waals surface area contributed by atoms with E-state index in [2.05, 4.69) is 218 Å². The Hall–Kier alpha value is -7.68. The molecule has 272 valence electrons. The Morgan fingerprint density at radius 2 is 0.603 bits per heavy atom. The van der Waals surface area contributed by atoms with Gasteiger partial charge in [-0.25, -0.2) is 9.97 Å². The SMILES string of the molecule is c1ccc(-c2ccc(-c3nc(-c4cccc(-c5cccc(-c6cccc(-c7cccc(-c8ccccc8-c8ccccc8)c7)c6)c5)c4)nc4ccccc34)cc2)cc1. The summed E-state index contributed by atoms with van der Waals surface area (Å²) in [5, 5.41) is 1.04. The minimum absolute atomic E-state index is 0.708. The number of para-hydroxylation sites is 1. The predicted octanol–water partition coefficient (Wildman–Crippen LogP) is 15.0. The van der Waals surface area contributed by atoms with Crippen molar-refractivity contribution in [2.24, 2.45) is 0 Å². The molecule has 0 aliphatic carbocycles. The van der Waals surface area contributed by atoms with Gasteiger partial charge in [0.2, 0.25) is 0 Å². The van der Waals surface area contributed by atoms with Gasteiger partial charge in [0.15, 0.2) is 5.82 Å². The Morgan fingerprint density at radius 1 is 0.224 bits per heavy atom. The topological polar surface area (TPSA) is 25.8 Å². The monoisotopic (exact) mass is 738 g/mol. The van der Waals surface area contributed by atoms with Crippen molar-refractivity contribution < 1.29 is 0 Å². The maximum atomic E-state index is 5.22. The fourth-order valence-electron chi connectivity index (χ4n) is 7.94. The summed E-state index contributed by atoms with van der Waals surface area (Å²) < 4.78 is 0. The van der Waals surface area contributed by atoms with Gasteiger partial charge in [-0.15, -0.1) is 0 Å². The first-order valence-corrected chi connectivity index (χ1v) is 19.7. The largest absolute Gasteiger partial charge is 0.228 e. The molecule has 1 aromatic heterocycles. The van der Waals surface area contributed by atoms with E-state index >= 15 is 0 Å². The average molecular weight is 739 g/mol. The molecular formula is C56H38N2. The van der Waals surface area contributed by atoms with E-state index in [1.54, 1.807) is 0 Å². The van der Waals surface area contributed by atoms with Crippen LogP contribution in [0.5, 0.6) is 0 Å². The van der Waals surface area contributed by atoms with E-state index in [0.717, 1.165) is 38.9 Å². The van der Waals surface area contributed by atoms with Gasteiger partial charge >= 0.3 is 0 Å². The predicted molar refractivity (Wildman–Crippen MR) is 243 cm³/mol. The molecule has 0 saturated heterocycles. The maximum Gasteiger partial charge on any atom is 0.160 e. The van der Waals surface area contributed by atoms with Crippen LogP contribution in [-0.4, -0.2) is 9.97 Å². The van der Waals surface area contributed by atoms with Crippen LogP contribution in [0.15, 0.2) is 231 Å². The zero-order chi connectivity index (χ0) is 38.7. The number of fused-ring (bicyclic) bond motifs is 1. The summed E-state index contributed by atoms with van der Waals surface area (Å²) >= 11 is 0. The second-order valence-corrected chi connectivity index (χ2v) is 14.6. The van der Waals surface area contributed by atoms with Gasteiger partial charge in [-0.2, -0.15) is 0 Å². The summed E-state index contributed by atoms with van der Waals surface area (Å²) in [6.07, 6.45) is 0. The van der Waals surface area contributed by atoms with Crippen molar-refractivity contribution in [1.82, 2.24) is 9.97 Å². The number of hydrogen-bond acceptors (Lipinski definition) is 2. The molecule has 0 aliphatic rings. The maximum absolute atomic E-state index is 5.22. The Morgan fingerprint density at radius 3 is 1.19 bits per heavy atom. The Bertz CT molecular complexity index is 3040. The van der Waals surface area contributed by atoms with Crippen LogP contribution in [0.4, 0.5) is 0 Å². The Balaban J connectivity index is 0.963. The van der Waals surface area contributed by atoms with Crippen LogP contribution in [0.1, 0.15) is 0 Å². The van der Waals surface area contributed by atoms with Gasteiger partial charge in [-0.3, -0.25) is 0 Å². The molecule has 0 radical (unpaired) electrons. The summed E-state index contributed by atoms with van der Waals surface area (Å²) in [6.45, 7) is 0. The lowest BCUT2D eigenvalue weighted by atomic mass is 9.92. The normalized spacial score (nSPS) is 11.1. The van der Waals surface area contributed by atoms with Crippen molar-refractivity contribution in [2.75, 3.05) is 0 Å². The average Bonchev–Trinajstić information content (AvgIpc) is 3.32. The van der Waals surface area contributed by atoms with E-state index in [1.807, 2.05) is 12.1 Å². The zero-order valence-corrected chi connectivity index (χ0v) is 31.8. The van der Waals surface area contributed by atoms with Crippen LogP contribution in [0.2, 0.25) is 0 Å². The molecule has 0 fully saturated rings. The van der Waals surface area contributed by atoms with Crippen molar-refractivity contribution in [3.05, 3.63) is 231 Å². The minimum atomic E-state index is 0.708. The summed E-state index contributed by atoms with van der Waals surface area (Å²) in [7, 11) is 0. The highest BCUT2D eigenvalue weighted by Crippen LogP contribution is 2.37. The lowest BCUT2D eigenvalue weighted by molar-refractivity contribution is 1.23. The highest BCUT2D eigenvalue weighted by atomic mass is 14.9. The zero-order valence-electron chi connectivity index (χ0n) is 31.8. The standard InChI is InChI=1S/C56H38N2/c1-3-15-39(16-4-1)40-31-33-42(34-32-40)55-53-29-9-10-30-54(53)57-56(58-55)50-26-14-24-48(38-50)46-22-12-20-44(36-46)43-19-11-21-45(35-43)47-23-13-25-49(37-47)52-28-8-7-27-51(52)41-17-5-2-6-18-41/h1-38H. The summed E-state index contributed by atoms with van der Waals surface area (Å²) in [5.74, 6) is 0.708. The van der Waals surface area contributed by atoms with Gasteiger partial charge < -0.3 is 0 Å². The van der Waals surface area contributed by atoms with Gasteiger partial charge in [0.05, 0.1) is 11.2 Å². The van der Waals surface area contributed by atoms with E-state index < -0.39 is 0 Å². The molecule has 58 heavy (non-hydrogen) atoms. The number of hydrogen-bond donors (Lipinski definition) is 0. The van der Waals surface area contributed by atoms with E-state index in [1.165, 1.54) is 55.6 Å². The Labute approximate surface area is 339 Å². The van der Waals surface area contributed by atoms with Gasteiger partial charge in [-0.05, 0) is 97.1 Å². The Kier molecular flexibility index (Phi) is 9.27. The molecule has 0 spiro atoms. The number of aromatic nitrogens is 2. The quantitative estimate of drug-likeness (QED) is 0.155. The molecule has 0 amide bonds. The first kappa shape index (κ1) is 34.8. The van der Waals surface area contributed by atoms with E-state index in [0.29, 0.717) is 5.82 Å². The second kappa shape index (κ2) is 15.5. The molecule has 10 aromatic rings. The molecule has 0 bridgehead atoms. The fraction of sp³-hybridized carbons (Fsp3) is 0. The molecule has 2 nitrogen and oxygen atoms in total. The van der Waals surface area contributed by atoms with Gasteiger partial charge in [0.1, 0.15) is 0 Å². The van der Waals surface area contributed by atoms with Crippen LogP contribution < -0.4 is 0 Å². The molecule has 0 saturated carbocycles. The van der Waals surface area contributed by atoms with Crippen LogP contribution in [0, 0.1) is 0 Å². The molecule has 10 rings (SSSR count). The first-order valence-electron chi connectivity index (χ1n) is 19.7. The van der Waals surface area contributed by atoms with E-state index in [9.17, 15) is 0 Å². The van der Waals surface area contributed by atoms with Gasteiger partial charge in [0, 0.05) is 16.5 Å². The third kappa shape index (κ3) is 7.00. The van der Waals surface area contributed by atoms with Crippen molar-refractivity contribution in [3.63, 3.8) is 0 Å². The van der Waals surface area contributed by atoms with Crippen LogP contribution >= 0.6 is 0 Å². The minimum Gasteiger partial charge on any atom is -0.228 e. The number of benzene rings is 9. The second-order valence-electron chi connectivity index (χ2n) is 14.6. The smallest absolute Gasteiger partial charge is 0.160 e. The molecule has 0 aliphatic heterocycles. The highest BCUT2D eigenvalue weighted by Gasteiger charge is 2.14. The number of rotatable bonds is 8. The van der Waals surface area contributed by atoms with Crippen LogP contribution in [0.3, 0.4) is 0 Å². The van der Waals surface area contributed by atoms with Crippen LogP contribution in [0.25, 0.3) is 100 Å². The summed E-state index contributed by atoms with van der Waals surface area (Å²) in [4.78, 5) is 10.3. The molecule has 0 atom stereocenters. The third-order valence-electron chi connectivity index (χ3n) is 10.9. The molecule has 1 heterocycles. The molecule has 0 unspecified atom stereocenters.